The Kier molecular flexibility index (Phi) is 6.40. The summed E-state index contributed by atoms with van der Waals surface area (Å²) in [6.45, 7) is 0. The minimum absolute atomic E-state index is 0.273. The lowest BCUT2D eigenvalue weighted by Crippen LogP contribution is -2.16. The number of hydrazone groups is 1. The highest BCUT2D eigenvalue weighted by Gasteiger charge is 2.42. The summed E-state index contributed by atoms with van der Waals surface area (Å²) in [5.41, 5.74) is -2.23. The molecule has 27 heavy (non-hydrogen) atoms. The predicted molar refractivity (Wildman–Crippen MR) is 90.9 cm³/mol. The van der Waals surface area contributed by atoms with Gasteiger partial charge in [-0.05, 0) is 28.1 Å². The van der Waals surface area contributed by atoms with E-state index in [0.717, 1.165) is 6.21 Å². The first-order valence-corrected chi connectivity index (χ1v) is 8.32. The first-order valence-electron chi connectivity index (χ1n) is 6.74. The molecule has 2 rings (SSSR count). The molecule has 0 aliphatic rings. The number of nitrogens with zero attached hydrogens (tertiary/aromatic N) is 1. The van der Waals surface area contributed by atoms with Crippen LogP contribution in [0.25, 0.3) is 0 Å². The van der Waals surface area contributed by atoms with Gasteiger partial charge in [0.1, 0.15) is 17.0 Å². The van der Waals surface area contributed by atoms with Gasteiger partial charge >= 0.3 is 6.18 Å². The minimum atomic E-state index is -5.62. The molecule has 0 heterocycles. The Morgan fingerprint density at radius 2 is 1.56 bits per heavy atom. The molecule has 0 bridgehead atoms. The Morgan fingerprint density at radius 1 is 1.00 bits per heavy atom. The van der Waals surface area contributed by atoms with Crippen molar-refractivity contribution >= 4 is 43.8 Å². The Labute approximate surface area is 164 Å². The maximum absolute atomic E-state index is 13.8. The van der Waals surface area contributed by atoms with Crippen molar-refractivity contribution in [3.05, 3.63) is 55.5 Å². The van der Waals surface area contributed by atoms with E-state index in [0.29, 0.717) is 8.95 Å². The monoisotopic (exact) mass is 522 g/mol. The third-order valence-electron chi connectivity index (χ3n) is 3.17. The number of anilines is 1. The molecule has 0 fully saturated rings. The van der Waals surface area contributed by atoms with E-state index in [1.54, 1.807) is 11.5 Å². The third-order valence-corrected chi connectivity index (χ3v) is 4.21. The van der Waals surface area contributed by atoms with E-state index in [1.807, 2.05) is 0 Å². The normalized spacial score (nSPS) is 11.9. The third kappa shape index (κ3) is 4.37. The van der Waals surface area contributed by atoms with Crippen LogP contribution >= 0.6 is 31.9 Å². The van der Waals surface area contributed by atoms with Gasteiger partial charge in [0.25, 0.3) is 0 Å². The number of nitrogens with one attached hydrogen (secondary N) is 1. The second kappa shape index (κ2) is 8.05. The topological polar surface area (TPSA) is 33.6 Å². The number of benzene rings is 2. The number of hydrogen-bond donors (Lipinski definition) is 1. The molecule has 0 atom stereocenters. The molecule has 2 aromatic carbocycles. The maximum atomic E-state index is 13.8. The van der Waals surface area contributed by atoms with Crippen LogP contribution in [0.2, 0.25) is 0 Å². The molecule has 0 amide bonds. The molecular formula is C15H7Br2F7N2O. The van der Waals surface area contributed by atoms with Crippen molar-refractivity contribution in [3.8, 4) is 5.75 Å². The number of halogens is 9. The number of ether oxygens (including phenoxy) is 1. The van der Waals surface area contributed by atoms with Gasteiger partial charge in [0.15, 0.2) is 23.3 Å². The summed E-state index contributed by atoms with van der Waals surface area (Å²) in [6.07, 6.45) is -4.63. The van der Waals surface area contributed by atoms with Crippen molar-refractivity contribution in [2.45, 2.75) is 6.18 Å². The van der Waals surface area contributed by atoms with Crippen molar-refractivity contribution < 1.29 is 35.5 Å². The lowest BCUT2D eigenvalue weighted by atomic mass is 10.1. The molecular weight excluding hydrogens is 517 g/mol. The smallest absolute Gasteiger partial charge is 0.422 e. The molecule has 1 N–H and O–H groups in total. The van der Waals surface area contributed by atoms with Crippen molar-refractivity contribution in [1.82, 2.24) is 0 Å². The first-order chi connectivity index (χ1) is 12.5. The number of hydrogen-bond acceptors (Lipinski definition) is 3. The molecule has 2 aromatic rings. The molecule has 3 nitrogen and oxygen atoms in total. The summed E-state index contributed by atoms with van der Waals surface area (Å²) in [7, 11) is 1.33. The molecule has 0 aliphatic heterocycles. The number of alkyl halides is 3. The summed E-state index contributed by atoms with van der Waals surface area (Å²) in [5.74, 6) is -9.42. The first kappa shape index (κ1) is 21.5. The quantitative estimate of drug-likeness (QED) is 0.223. The molecule has 0 unspecified atom stereocenters. The van der Waals surface area contributed by atoms with Gasteiger partial charge in [0, 0.05) is 10.0 Å². The van der Waals surface area contributed by atoms with Crippen molar-refractivity contribution in [1.29, 1.82) is 0 Å². The summed E-state index contributed by atoms with van der Waals surface area (Å²) in [4.78, 5) is 0. The molecule has 12 heteroatoms. The average molecular weight is 524 g/mol. The SMILES string of the molecule is COc1c(Br)cc(Br)cc1/C=N/Nc1c(F)c(F)c(C(F)(F)F)c(F)c1F. The van der Waals surface area contributed by atoms with Crippen LogP contribution in [0.5, 0.6) is 5.75 Å². The van der Waals surface area contributed by atoms with Crippen LogP contribution in [-0.2, 0) is 6.18 Å². The van der Waals surface area contributed by atoms with Gasteiger partial charge in [-0.15, -0.1) is 0 Å². The van der Waals surface area contributed by atoms with Gasteiger partial charge in [-0.3, -0.25) is 5.43 Å². The Balaban J connectivity index is 2.44. The number of methoxy groups -OCH3 is 1. The molecule has 0 saturated carbocycles. The van der Waals surface area contributed by atoms with Crippen molar-refractivity contribution in [2.24, 2.45) is 5.10 Å². The van der Waals surface area contributed by atoms with Gasteiger partial charge < -0.3 is 4.74 Å². The van der Waals surface area contributed by atoms with Gasteiger partial charge in [0.2, 0.25) is 0 Å². The average Bonchev–Trinajstić information content (AvgIpc) is 2.54. The summed E-state index contributed by atoms with van der Waals surface area (Å²) in [5, 5.41) is 3.41. The van der Waals surface area contributed by atoms with E-state index in [9.17, 15) is 30.7 Å². The highest BCUT2D eigenvalue weighted by molar-refractivity contribution is 9.11. The summed E-state index contributed by atoms with van der Waals surface area (Å²) >= 11 is 6.39. The molecule has 0 aromatic heterocycles. The van der Waals surface area contributed by atoms with Crippen LogP contribution in [-0.4, -0.2) is 13.3 Å². The van der Waals surface area contributed by atoms with E-state index >= 15 is 0 Å². The zero-order valence-corrected chi connectivity index (χ0v) is 16.2. The lowest BCUT2D eigenvalue weighted by Gasteiger charge is -2.13. The highest BCUT2D eigenvalue weighted by atomic mass is 79.9. The van der Waals surface area contributed by atoms with Crippen LogP contribution < -0.4 is 10.2 Å². The fraction of sp³-hybridized carbons (Fsp3) is 0.133. The second-order valence-corrected chi connectivity index (χ2v) is 6.65. The molecule has 0 saturated heterocycles. The molecule has 0 radical (unpaired) electrons. The zero-order chi connectivity index (χ0) is 20.5. The molecule has 0 spiro atoms. The van der Waals surface area contributed by atoms with Crippen LogP contribution in [0.1, 0.15) is 11.1 Å². The number of rotatable bonds is 4. The van der Waals surface area contributed by atoms with E-state index in [2.05, 4.69) is 37.0 Å². The fourth-order valence-electron chi connectivity index (χ4n) is 2.04. The predicted octanol–water partition coefficient (Wildman–Crippen LogP) is 6.24. The Hall–Kier alpha value is -1.82. The Bertz CT molecular complexity index is 887. The van der Waals surface area contributed by atoms with Gasteiger partial charge in [-0.1, -0.05) is 15.9 Å². The Morgan fingerprint density at radius 3 is 2.04 bits per heavy atom. The van der Waals surface area contributed by atoms with Crippen LogP contribution in [0.3, 0.4) is 0 Å². The van der Waals surface area contributed by atoms with E-state index in [4.69, 9.17) is 4.74 Å². The lowest BCUT2D eigenvalue weighted by molar-refractivity contribution is -0.143. The molecule has 0 aliphatic carbocycles. The van der Waals surface area contributed by atoms with Crippen molar-refractivity contribution in [3.63, 3.8) is 0 Å². The maximum Gasteiger partial charge on any atom is 0.422 e. The van der Waals surface area contributed by atoms with Crippen LogP contribution in [0, 0.1) is 23.3 Å². The van der Waals surface area contributed by atoms with E-state index in [-0.39, 0.29) is 11.3 Å². The van der Waals surface area contributed by atoms with E-state index in [1.165, 1.54) is 13.2 Å². The van der Waals surface area contributed by atoms with Crippen molar-refractivity contribution in [2.75, 3.05) is 12.5 Å². The van der Waals surface area contributed by atoms with Crippen LogP contribution in [0.15, 0.2) is 26.2 Å². The van der Waals surface area contributed by atoms with Crippen LogP contribution in [0.4, 0.5) is 36.4 Å². The summed E-state index contributed by atoms with van der Waals surface area (Å²) < 4.78 is 98.4. The zero-order valence-electron chi connectivity index (χ0n) is 13.0. The minimum Gasteiger partial charge on any atom is -0.495 e. The van der Waals surface area contributed by atoms with E-state index < -0.39 is 40.7 Å². The fourth-order valence-corrected chi connectivity index (χ4v) is 3.46. The molecule has 146 valence electrons. The van der Waals surface area contributed by atoms with Gasteiger partial charge in [-0.25, -0.2) is 17.6 Å². The van der Waals surface area contributed by atoms with Gasteiger partial charge in [-0.2, -0.15) is 18.3 Å². The van der Waals surface area contributed by atoms with Gasteiger partial charge in [0.05, 0.1) is 17.8 Å². The second-order valence-electron chi connectivity index (χ2n) is 4.88. The highest BCUT2D eigenvalue weighted by Crippen LogP contribution is 2.38. The standard InChI is InChI=1S/C15H7Br2F7N2O/c1-27-14-5(2-6(16)3-7(14)17)4-25-26-13-11(20)9(18)8(15(22,23)24)10(19)12(13)21/h2-4,26H,1H3/b25-4+. The largest absolute Gasteiger partial charge is 0.495 e. The summed E-state index contributed by atoms with van der Waals surface area (Å²) in [6, 6.07) is 3.12.